The van der Waals surface area contributed by atoms with Gasteiger partial charge in [-0.15, -0.1) is 0 Å². The van der Waals surface area contributed by atoms with Crippen LogP contribution in [0.5, 0.6) is 0 Å². The molecule has 0 aliphatic heterocycles. The molecule has 0 bridgehead atoms. The van der Waals surface area contributed by atoms with Gasteiger partial charge < -0.3 is 0 Å². The van der Waals surface area contributed by atoms with Crippen LogP contribution in [0.2, 0.25) is 0 Å². The minimum Gasteiger partial charge on any atom is -0.0839 e. The Morgan fingerprint density at radius 1 is 1.45 bits per heavy atom. The molecule has 1 heteroatoms. The van der Waals surface area contributed by atoms with E-state index in [-0.39, 0.29) is 0 Å². The fourth-order valence-corrected chi connectivity index (χ4v) is 2.33. The Labute approximate surface area is 75.8 Å². The number of hydrogen-bond acceptors (Lipinski definition) is 0. The molecule has 0 aromatic heterocycles. The maximum absolute atomic E-state index is 3.67. The lowest BCUT2D eigenvalue weighted by Crippen LogP contribution is -1.83. The Morgan fingerprint density at radius 2 is 2.27 bits per heavy atom. The molecule has 0 unspecified atom stereocenters. The van der Waals surface area contributed by atoms with Crippen LogP contribution < -0.4 is 0 Å². The Bertz CT molecular complexity index is 278. The first-order chi connectivity index (χ1) is 5.27. The van der Waals surface area contributed by atoms with Crippen LogP contribution in [0, 0.1) is 6.92 Å². The minimum absolute atomic E-state index is 0.609. The lowest BCUT2D eigenvalue weighted by Gasteiger charge is -2.02. The van der Waals surface area contributed by atoms with Gasteiger partial charge in [0.15, 0.2) is 0 Å². The van der Waals surface area contributed by atoms with E-state index in [1.165, 1.54) is 29.5 Å². The van der Waals surface area contributed by atoms with Gasteiger partial charge in [-0.2, -0.15) is 0 Å². The first-order valence-corrected chi connectivity index (χ1v) is 4.92. The Morgan fingerprint density at radius 3 is 3.09 bits per heavy atom. The molecule has 1 aliphatic rings. The SMILES string of the molecule is Cc1ccc2c(c1)[C@@H](Br)CC2. The number of alkyl halides is 1. The third-order valence-corrected chi connectivity index (χ3v) is 3.26. The van der Waals surface area contributed by atoms with Crippen LogP contribution in [0.4, 0.5) is 0 Å². The summed E-state index contributed by atoms with van der Waals surface area (Å²) >= 11 is 3.67. The summed E-state index contributed by atoms with van der Waals surface area (Å²) < 4.78 is 0. The van der Waals surface area contributed by atoms with E-state index in [1.54, 1.807) is 0 Å². The van der Waals surface area contributed by atoms with Gasteiger partial charge in [-0.25, -0.2) is 0 Å². The van der Waals surface area contributed by atoms with E-state index in [4.69, 9.17) is 0 Å². The molecule has 0 saturated carbocycles. The van der Waals surface area contributed by atoms with Crippen molar-refractivity contribution in [3.05, 3.63) is 34.9 Å². The molecule has 1 aliphatic carbocycles. The summed E-state index contributed by atoms with van der Waals surface area (Å²) in [5.74, 6) is 0. The zero-order chi connectivity index (χ0) is 7.84. The van der Waals surface area contributed by atoms with Gasteiger partial charge in [0.2, 0.25) is 0 Å². The molecular weight excluding hydrogens is 200 g/mol. The predicted octanol–water partition coefficient (Wildman–Crippen LogP) is 3.38. The topological polar surface area (TPSA) is 0 Å². The molecule has 0 fully saturated rings. The van der Waals surface area contributed by atoms with Crippen molar-refractivity contribution in [2.24, 2.45) is 0 Å². The van der Waals surface area contributed by atoms with Gasteiger partial charge in [0.05, 0.1) is 0 Å². The number of aryl methyl sites for hydroxylation is 2. The van der Waals surface area contributed by atoms with Crippen molar-refractivity contribution in [2.75, 3.05) is 0 Å². The monoisotopic (exact) mass is 210 g/mol. The lowest BCUT2D eigenvalue weighted by atomic mass is 10.1. The average molecular weight is 211 g/mol. The number of benzene rings is 1. The maximum atomic E-state index is 3.67. The second-order valence-electron chi connectivity index (χ2n) is 3.21. The van der Waals surface area contributed by atoms with Gasteiger partial charge in [-0.3, -0.25) is 0 Å². The van der Waals surface area contributed by atoms with Crippen LogP contribution in [0.1, 0.15) is 27.9 Å². The molecule has 0 saturated heterocycles. The average Bonchev–Trinajstić information content (AvgIpc) is 2.33. The van der Waals surface area contributed by atoms with Gasteiger partial charge in [0.25, 0.3) is 0 Å². The highest BCUT2D eigenvalue weighted by Gasteiger charge is 2.18. The summed E-state index contributed by atoms with van der Waals surface area (Å²) in [6.45, 7) is 2.15. The van der Waals surface area contributed by atoms with Crippen molar-refractivity contribution in [1.29, 1.82) is 0 Å². The van der Waals surface area contributed by atoms with Gasteiger partial charge in [0, 0.05) is 4.83 Å². The molecule has 58 valence electrons. The van der Waals surface area contributed by atoms with Gasteiger partial charge >= 0.3 is 0 Å². The van der Waals surface area contributed by atoms with Crippen molar-refractivity contribution in [3.8, 4) is 0 Å². The van der Waals surface area contributed by atoms with Crippen LogP contribution in [0.3, 0.4) is 0 Å². The van der Waals surface area contributed by atoms with E-state index in [1.807, 2.05) is 0 Å². The Balaban J connectivity index is 2.52. The number of fused-ring (bicyclic) bond motifs is 1. The first-order valence-electron chi connectivity index (χ1n) is 4.01. The van der Waals surface area contributed by atoms with Crippen LogP contribution in [-0.4, -0.2) is 0 Å². The fourth-order valence-electron chi connectivity index (χ4n) is 1.67. The number of hydrogen-bond donors (Lipinski definition) is 0. The van der Waals surface area contributed by atoms with E-state index in [0.717, 1.165) is 0 Å². The second kappa shape index (κ2) is 2.63. The standard InChI is InChI=1S/C10H11Br/c1-7-2-3-8-4-5-10(11)9(8)6-7/h2-3,6,10H,4-5H2,1H3/t10-/m0/s1. The Hall–Kier alpha value is -0.300. The van der Waals surface area contributed by atoms with Crippen molar-refractivity contribution < 1.29 is 0 Å². The smallest absolute Gasteiger partial charge is 0.0401 e. The molecule has 2 rings (SSSR count). The van der Waals surface area contributed by atoms with Crippen molar-refractivity contribution in [1.82, 2.24) is 0 Å². The van der Waals surface area contributed by atoms with E-state index >= 15 is 0 Å². The Kier molecular flexibility index (Phi) is 1.76. The molecule has 1 atom stereocenters. The van der Waals surface area contributed by atoms with Crippen LogP contribution in [-0.2, 0) is 6.42 Å². The normalized spacial score (nSPS) is 21.8. The lowest BCUT2D eigenvalue weighted by molar-refractivity contribution is 0.903. The minimum atomic E-state index is 0.609. The second-order valence-corrected chi connectivity index (χ2v) is 4.31. The highest BCUT2D eigenvalue weighted by molar-refractivity contribution is 9.09. The summed E-state index contributed by atoms with van der Waals surface area (Å²) in [4.78, 5) is 0.609. The van der Waals surface area contributed by atoms with Crippen LogP contribution >= 0.6 is 15.9 Å². The highest BCUT2D eigenvalue weighted by Crippen LogP contribution is 2.37. The molecule has 0 nitrogen and oxygen atoms in total. The molecule has 0 amide bonds. The molecular formula is C10H11Br. The van der Waals surface area contributed by atoms with Crippen molar-refractivity contribution in [3.63, 3.8) is 0 Å². The number of halogens is 1. The van der Waals surface area contributed by atoms with Crippen molar-refractivity contribution >= 4 is 15.9 Å². The maximum Gasteiger partial charge on any atom is 0.0401 e. The summed E-state index contributed by atoms with van der Waals surface area (Å²) in [5, 5.41) is 0. The fraction of sp³-hybridized carbons (Fsp3) is 0.400. The summed E-state index contributed by atoms with van der Waals surface area (Å²) in [6, 6.07) is 6.75. The van der Waals surface area contributed by atoms with Gasteiger partial charge in [-0.1, -0.05) is 39.7 Å². The zero-order valence-corrected chi connectivity index (χ0v) is 8.19. The third kappa shape index (κ3) is 1.22. The highest BCUT2D eigenvalue weighted by atomic mass is 79.9. The van der Waals surface area contributed by atoms with Crippen molar-refractivity contribution in [2.45, 2.75) is 24.6 Å². The third-order valence-electron chi connectivity index (χ3n) is 2.31. The largest absolute Gasteiger partial charge is 0.0839 e. The molecule has 1 aromatic carbocycles. The molecule has 0 spiro atoms. The zero-order valence-electron chi connectivity index (χ0n) is 6.60. The summed E-state index contributed by atoms with van der Waals surface area (Å²) in [7, 11) is 0. The van der Waals surface area contributed by atoms with E-state index in [2.05, 4.69) is 41.1 Å². The molecule has 0 radical (unpaired) electrons. The quantitative estimate of drug-likeness (QED) is 0.577. The van der Waals surface area contributed by atoms with Gasteiger partial charge in [0.1, 0.15) is 0 Å². The molecule has 1 aromatic rings. The summed E-state index contributed by atoms with van der Waals surface area (Å²) in [5.41, 5.74) is 4.40. The number of rotatable bonds is 0. The summed E-state index contributed by atoms with van der Waals surface area (Å²) in [6.07, 6.45) is 2.50. The van der Waals surface area contributed by atoms with Crippen LogP contribution in [0.15, 0.2) is 18.2 Å². The first kappa shape index (κ1) is 7.35. The molecule has 0 heterocycles. The van der Waals surface area contributed by atoms with Gasteiger partial charge in [-0.05, 0) is 30.9 Å². The predicted molar refractivity (Wildman–Crippen MR) is 51.2 cm³/mol. The van der Waals surface area contributed by atoms with E-state index in [0.29, 0.717) is 4.83 Å². The van der Waals surface area contributed by atoms with E-state index in [9.17, 15) is 0 Å². The van der Waals surface area contributed by atoms with Crippen LogP contribution in [0.25, 0.3) is 0 Å². The molecule has 11 heavy (non-hydrogen) atoms. The van der Waals surface area contributed by atoms with E-state index < -0.39 is 0 Å². The molecule has 0 N–H and O–H groups in total.